The summed E-state index contributed by atoms with van der Waals surface area (Å²) in [6.07, 6.45) is -3.16. The zero-order valence-electron chi connectivity index (χ0n) is 17.8. The molecule has 1 aromatic heterocycles. The van der Waals surface area contributed by atoms with Gasteiger partial charge in [-0.3, -0.25) is 15.5 Å². The molecule has 34 heavy (non-hydrogen) atoms. The highest BCUT2D eigenvalue weighted by Crippen LogP contribution is 2.35. The van der Waals surface area contributed by atoms with Crippen molar-refractivity contribution >= 4 is 44.4 Å². The minimum Gasteiger partial charge on any atom is -0.340 e. The van der Waals surface area contributed by atoms with Crippen LogP contribution in [-0.4, -0.2) is 15.7 Å². The fourth-order valence-corrected chi connectivity index (χ4v) is 3.98. The number of aromatic nitrogens is 1. The average Bonchev–Trinajstić information content (AvgIpc) is 3.06. The first kappa shape index (κ1) is 23.5. The second-order valence-electron chi connectivity index (χ2n) is 7.59. The molecule has 0 radical (unpaired) electrons. The first-order valence-electron chi connectivity index (χ1n) is 10.1. The van der Waals surface area contributed by atoms with Crippen molar-refractivity contribution in [1.82, 2.24) is 4.57 Å². The zero-order valence-corrected chi connectivity index (χ0v) is 19.4. The van der Waals surface area contributed by atoms with E-state index in [1.54, 1.807) is 0 Å². The molecule has 0 spiro atoms. The number of nitro benzene ring substituents is 1. The number of hydrogen-bond donors (Lipinski definition) is 1. The molecule has 1 heterocycles. The van der Waals surface area contributed by atoms with Crippen LogP contribution in [0.4, 0.5) is 24.5 Å². The number of alkyl halides is 3. The highest BCUT2D eigenvalue weighted by Gasteiger charge is 2.33. The second-order valence-corrected chi connectivity index (χ2v) is 8.50. The Bertz CT molecular complexity index is 1400. The maximum atomic E-state index is 12.9. The van der Waals surface area contributed by atoms with E-state index in [1.165, 1.54) is 6.21 Å². The van der Waals surface area contributed by atoms with Gasteiger partial charge in [0.05, 0.1) is 16.7 Å². The standard InChI is InChI=1S/C24H18BrF3N4O2/c1-15-20(13-29-30-21-11-8-17(24(26,27)28)12-23(21)32(33)34)19-4-2-3-5-22(19)31(15)14-16-6-9-18(25)10-7-16/h2-13,30H,14H2,1H3/b29-13-. The maximum absolute atomic E-state index is 12.9. The van der Waals surface area contributed by atoms with E-state index in [0.29, 0.717) is 12.6 Å². The fraction of sp³-hybridized carbons (Fsp3) is 0.125. The van der Waals surface area contributed by atoms with Gasteiger partial charge in [-0.05, 0) is 42.8 Å². The minimum absolute atomic E-state index is 0.134. The summed E-state index contributed by atoms with van der Waals surface area (Å²) in [5.74, 6) is 0. The summed E-state index contributed by atoms with van der Waals surface area (Å²) in [5, 5.41) is 16.3. The molecule has 0 aliphatic carbocycles. The number of fused-ring (bicyclic) bond motifs is 1. The summed E-state index contributed by atoms with van der Waals surface area (Å²) in [7, 11) is 0. The molecule has 1 N–H and O–H groups in total. The molecule has 3 aromatic carbocycles. The van der Waals surface area contributed by atoms with E-state index < -0.39 is 22.4 Å². The number of nitrogens with zero attached hydrogens (tertiary/aromatic N) is 3. The number of nitro groups is 1. The summed E-state index contributed by atoms with van der Waals surface area (Å²) < 4.78 is 41.9. The number of rotatable bonds is 6. The lowest BCUT2D eigenvalue weighted by Crippen LogP contribution is -2.06. The maximum Gasteiger partial charge on any atom is 0.416 e. The van der Waals surface area contributed by atoms with Gasteiger partial charge in [0, 0.05) is 39.2 Å². The third-order valence-electron chi connectivity index (χ3n) is 5.43. The number of hydrazone groups is 1. The molecule has 10 heteroatoms. The number of hydrogen-bond acceptors (Lipinski definition) is 4. The highest BCUT2D eigenvalue weighted by atomic mass is 79.9. The van der Waals surface area contributed by atoms with E-state index in [4.69, 9.17) is 0 Å². The summed E-state index contributed by atoms with van der Waals surface area (Å²) in [6, 6.07) is 18.0. The SMILES string of the molecule is Cc1c(/C=N\Nc2ccc(C(F)(F)F)cc2[N+](=O)[O-])c2ccccc2n1Cc1ccc(Br)cc1. The summed E-state index contributed by atoms with van der Waals surface area (Å²) in [5.41, 5.74) is 4.41. The van der Waals surface area contributed by atoms with Gasteiger partial charge in [-0.25, -0.2) is 0 Å². The van der Waals surface area contributed by atoms with Gasteiger partial charge in [-0.2, -0.15) is 18.3 Å². The Kier molecular flexibility index (Phi) is 6.43. The molecule has 6 nitrogen and oxygen atoms in total. The summed E-state index contributed by atoms with van der Waals surface area (Å²) in [4.78, 5) is 10.4. The zero-order chi connectivity index (χ0) is 24.5. The minimum atomic E-state index is -4.68. The molecule has 0 saturated heterocycles. The quantitative estimate of drug-likeness (QED) is 0.163. The van der Waals surface area contributed by atoms with Crippen LogP contribution in [0.3, 0.4) is 0 Å². The molecule has 0 unspecified atom stereocenters. The fourth-order valence-electron chi connectivity index (χ4n) is 3.72. The predicted octanol–water partition coefficient (Wildman–Crippen LogP) is 7.13. The van der Waals surface area contributed by atoms with Crippen molar-refractivity contribution in [3.63, 3.8) is 0 Å². The van der Waals surface area contributed by atoms with Crippen LogP contribution in [0.25, 0.3) is 10.9 Å². The van der Waals surface area contributed by atoms with Gasteiger partial charge >= 0.3 is 6.18 Å². The number of para-hydroxylation sites is 1. The van der Waals surface area contributed by atoms with Crippen LogP contribution in [0.15, 0.2) is 76.3 Å². The molecular weight excluding hydrogens is 513 g/mol. The Morgan fingerprint density at radius 3 is 2.50 bits per heavy atom. The van der Waals surface area contributed by atoms with Gasteiger partial charge in [0.25, 0.3) is 5.69 Å². The van der Waals surface area contributed by atoms with Crippen molar-refractivity contribution in [2.24, 2.45) is 5.10 Å². The van der Waals surface area contributed by atoms with Crippen LogP contribution in [0.5, 0.6) is 0 Å². The molecule has 0 bridgehead atoms. The van der Waals surface area contributed by atoms with Crippen LogP contribution < -0.4 is 5.43 Å². The molecule has 0 aliphatic heterocycles. The van der Waals surface area contributed by atoms with Crippen molar-refractivity contribution in [2.45, 2.75) is 19.6 Å². The van der Waals surface area contributed by atoms with E-state index in [1.807, 2.05) is 55.5 Å². The molecule has 4 aromatic rings. The number of halogens is 4. The first-order chi connectivity index (χ1) is 16.1. The largest absolute Gasteiger partial charge is 0.416 e. The average molecular weight is 531 g/mol. The Hall–Kier alpha value is -3.66. The van der Waals surface area contributed by atoms with E-state index >= 15 is 0 Å². The Morgan fingerprint density at radius 1 is 1.12 bits per heavy atom. The van der Waals surface area contributed by atoms with Gasteiger partial charge in [-0.15, -0.1) is 0 Å². The Morgan fingerprint density at radius 2 is 1.82 bits per heavy atom. The monoisotopic (exact) mass is 530 g/mol. The van der Waals surface area contributed by atoms with Crippen molar-refractivity contribution in [3.05, 3.63) is 104 Å². The van der Waals surface area contributed by atoms with Crippen LogP contribution in [0, 0.1) is 17.0 Å². The summed E-state index contributed by atoms with van der Waals surface area (Å²) >= 11 is 3.44. The van der Waals surface area contributed by atoms with E-state index in [9.17, 15) is 23.3 Å². The normalized spacial score (nSPS) is 11.9. The van der Waals surface area contributed by atoms with Gasteiger partial charge in [0.1, 0.15) is 5.69 Å². The predicted molar refractivity (Wildman–Crippen MR) is 129 cm³/mol. The number of benzene rings is 3. The smallest absolute Gasteiger partial charge is 0.340 e. The molecule has 0 fully saturated rings. The van der Waals surface area contributed by atoms with E-state index in [0.717, 1.165) is 44.3 Å². The third-order valence-corrected chi connectivity index (χ3v) is 5.96. The molecule has 0 atom stereocenters. The van der Waals surface area contributed by atoms with Gasteiger partial charge in [0.15, 0.2) is 0 Å². The molecule has 174 valence electrons. The number of nitrogens with one attached hydrogen (secondary N) is 1. The van der Waals surface area contributed by atoms with E-state index in [2.05, 4.69) is 31.0 Å². The third kappa shape index (κ3) is 4.81. The van der Waals surface area contributed by atoms with Crippen LogP contribution in [-0.2, 0) is 12.7 Å². The highest BCUT2D eigenvalue weighted by molar-refractivity contribution is 9.10. The molecule has 4 rings (SSSR count). The lowest BCUT2D eigenvalue weighted by atomic mass is 10.1. The Balaban J connectivity index is 1.67. The second kappa shape index (κ2) is 9.30. The molecule has 0 aliphatic rings. The van der Waals surface area contributed by atoms with Crippen LogP contribution >= 0.6 is 15.9 Å². The summed E-state index contributed by atoms with van der Waals surface area (Å²) in [6.45, 7) is 2.58. The van der Waals surface area contributed by atoms with Crippen molar-refractivity contribution in [3.8, 4) is 0 Å². The lowest BCUT2D eigenvalue weighted by molar-refractivity contribution is -0.384. The van der Waals surface area contributed by atoms with Crippen LogP contribution in [0.2, 0.25) is 0 Å². The Labute approximate surface area is 201 Å². The topological polar surface area (TPSA) is 72.5 Å². The van der Waals surface area contributed by atoms with Crippen LogP contribution in [0.1, 0.15) is 22.4 Å². The van der Waals surface area contributed by atoms with Gasteiger partial charge < -0.3 is 4.57 Å². The van der Waals surface area contributed by atoms with Crippen molar-refractivity contribution in [1.29, 1.82) is 0 Å². The van der Waals surface area contributed by atoms with E-state index in [-0.39, 0.29) is 5.69 Å². The molecule has 0 saturated carbocycles. The molecular formula is C24H18BrF3N4O2. The molecule has 0 amide bonds. The lowest BCUT2D eigenvalue weighted by Gasteiger charge is -2.09. The van der Waals surface area contributed by atoms with Gasteiger partial charge in [0.2, 0.25) is 0 Å². The van der Waals surface area contributed by atoms with Crippen molar-refractivity contribution < 1.29 is 18.1 Å². The first-order valence-corrected chi connectivity index (χ1v) is 10.9. The van der Waals surface area contributed by atoms with Gasteiger partial charge in [-0.1, -0.05) is 46.3 Å². The number of anilines is 1. The van der Waals surface area contributed by atoms with Crippen molar-refractivity contribution in [2.75, 3.05) is 5.43 Å².